The van der Waals surface area contributed by atoms with E-state index in [9.17, 15) is 9.90 Å². The second-order valence-corrected chi connectivity index (χ2v) is 4.61. The van der Waals surface area contributed by atoms with Crippen molar-refractivity contribution in [2.45, 2.75) is 18.9 Å². The highest BCUT2D eigenvalue weighted by Crippen LogP contribution is 2.27. The zero-order chi connectivity index (χ0) is 14.4. The van der Waals surface area contributed by atoms with Gasteiger partial charge < -0.3 is 9.84 Å². The van der Waals surface area contributed by atoms with Gasteiger partial charge in [-0.15, -0.1) is 0 Å². The molecular formula is C17H18O3. The average Bonchev–Trinajstić information content (AvgIpc) is 2.49. The molecule has 0 spiro atoms. The van der Waals surface area contributed by atoms with E-state index in [1.807, 2.05) is 36.4 Å². The van der Waals surface area contributed by atoms with Gasteiger partial charge in [0.25, 0.3) is 0 Å². The summed E-state index contributed by atoms with van der Waals surface area (Å²) in [7, 11) is 0. The fraction of sp³-hybridized carbons (Fsp3) is 0.235. The van der Waals surface area contributed by atoms with Gasteiger partial charge in [-0.05, 0) is 18.1 Å². The number of aliphatic hydroxyl groups is 1. The van der Waals surface area contributed by atoms with E-state index in [-0.39, 0.29) is 13.0 Å². The topological polar surface area (TPSA) is 46.5 Å². The van der Waals surface area contributed by atoms with Crippen molar-refractivity contribution in [1.82, 2.24) is 0 Å². The van der Waals surface area contributed by atoms with Gasteiger partial charge in [0.2, 0.25) is 0 Å². The highest BCUT2D eigenvalue weighted by Gasteiger charge is 2.39. The molecule has 2 aromatic carbocycles. The first-order valence-electron chi connectivity index (χ1n) is 6.66. The zero-order valence-electron chi connectivity index (χ0n) is 11.5. The molecule has 0 heterocycles. The molecular weight excluding hydrogens is 252 g/mol. The molecule has 3 nitrogen and oxygen atoms in total. The summed E-state index contributed by atoms with van der Waals surface area (Å²) in [6.07, 6.45) is 0.191. The Morgan fingerprint density at radius 2 is 1.60 bits per heavy atom. The first-order chi connectivity index (χ1) is 9.66. The third-order valence-corrected chi connectivity index (χ3v) is 3.17. The van der Waals surface area contributed by atoms with Crippen LogP contribution in [0.3, 0.4) is 0 Å². The smallest absolute Gasteiger partial charge is 0.343 e. The molecule has 0 aliphatic rings. The molecule has 0 aliphatic heterocycles. The molecule has 2 rings (SSSR count). The lowest BCUT2D eigenvalue weighted by atomic mass is 9.87. The van der Waals surface area contributed by atoms with Crippen molar-refractivity contribution in [2.75, 3.05) is 6.61 Å². The molecule has 20 heavy (non-hydrogen) atoms. The van der Waals surface area contributed by atoms with E-state index in [1.165, 1.54) is 0 Å². The molecule has 0 aliphatic carbocycles. The van der Waals surface area contributed by atoms with E-state index in [0.717, 1.165) is 5.56 Å². The van der Waals surface area contributed by atoms with Gasteiger partial charge in [-0.25, -0.2) is 4.79 Å². The number of carbonyl (C=O) groups excluding carboxylic acids is 1. The number of rotatable bonds is 5. The summed E-state index contributed by atoms with van der Waals surface area (Å²) in [5.74, 6) is -0.616. The third-order valence-electron chi connectivity index (χ3n) is 3.17. The van der Waals surface area contributed by atoms with E-state index >= 15 is 0 Å². The fourth-order valence-electron chi connectivity index (χ4n) is 2.15. The summed E-state index contributed by atoms with van der Waals surface area (Å²) in [5, 5.41) is 10.9. The molecule has 0 bridgehead atoms. The summed E-state index contributed by atoms with van der Waals surface area (Å²) in [6, 6.07) is 18.3. The molecule has 1 atom stereocenters. The van der Waals surface area contributed by atoms with Crippen LogP contribution in [0, 0.1) is 0 Å². The minimum atomic E-state index is -1.65. The molecule has 0 fully saturated rings. The summed E-state index contributed by atoms with van der Waals surface area (Å²) in [6.45, 7) is 1.97. The second kappa shape index (κ2) is 6.35. The van der Waals surface area contributed by atoms with Gasteiger partial charge in [-0.3, -0.25) is 0 Å². The van der Waals surface area contributed by atoms with E-state index in [0.29, 0.717) is 5.56 Å². The molecule has 3 heteroatoms. The quantitative estimate of drug-likeness (QED) is 0.850. The predicted octanol–water partition coefficient (Wildman–Crippen LogP) is 2.68. The molecule has 104 valence electrons. The SMILES string of the molecule is CCOC(=O)[C@@](O)(Cc1ccccc1)c1ccccc1. The van der Waals surface area contributed by atoms with Crippen LogP contribution in [0.25, 0.3) is 0 Å². The minimum Gasteiger partial charge on any atom is -0.464 e. The Morgan fingerprint density at radius 3 is 2.15 bits per heavy atom. The largest absolute Gasteiger partial charge is 0.464 e. The second-order valence-electron chi connectivity index (χ2n) is 4.61. The van der Waals surface area contributed by atoms with Crippen molar-refractivity contribution >= 4 is 5.97 Å². The highest BCUT2D eigenvalue weighted by molar-refractivity contribution is 5.81. The molecule has 0 saturated heterocycles. The van der Waals surface area contributed by atoms with Crippen LogP contribution in [0.4, 0.5) is 0 Å². The van der Waals surface area contributed by atoms with Gasteiger partial charge in [0.05, 0.1) is 6.61 Å². The fourth-order valence-corrected chi connectivity index (χ4v) is 2.15. The number of benzene rings is 2. The van der Waals surface area contributed by atoms with E-state index in [2.05, 4.69) is 0 Å². The number of esters is 1. The van der Waals surface area contributed by atoms with Crippen LogP contribution in [0.15, 0.2) is 60.7 Å². The Labute approximate surface area is 118 Å². The average molecular weight is 270 g/mol. The van der Waals surface area contributed by atoms with E-state index < -0.39 is 11.6 Å². The van der Waals surface area contributed by atoms with Gasteiger partial charge in [-0.1, -0.05) is 60.7 Å². The lowest BCUT2D eigenvalue weighted by molar-refractivity contribution is -0.166. The van der Waals surface area contributed by atoms with Crippen molar-refractivity contribution in [1.29, 1.82) is 0 Å². The van der Waals surface area contributed by atoms with Gasteiger partial charge >= 0.3 is 5.97 Å². The van der Waals surface area contributed by atoms with Gasteiger partial charge in [-0.2, -0.15) is 0 Å². The van der Waals surface area contributed by atoms with Gasteiger partial charge in [0.15, 0.2) is 5.60 Å². The number of hydrogen-bond donors (Lipinski definition) is 1. The number of hydrogen-bond acceptors (Lipinski definition) is 3. The van der Waals surface area contributed by atoms with Crippen LogP contribution in [0.5, 0.6) is 0 Å². The molecule has 0 saturated carbocycles. The lowest BCUT2D eigenvalue weighted by Gasteiger charge is -2.26. The van der Waals surface area contributed by atoms with Crippen LogP contribution in [0.1, 0.15) is 18.1 Å². The first-order valence-corrected chi connectivity index (χ1v) is 6.66. The lowest BCUT2D eigenvalue weighted by Crippen LogP contribution is -2.39. The van der Waals surface area contributed by atoms with Crippen molar-refractivity contribution in [2.24, 2.45) is 0 Å². The normalized spacial score (nSPS) is 13.5. The molecule has 0 unspecified atom stereocenters. The van der Waals surface area contributed by atoms with Crippen LogP contribution in [0.2, 0.25) is 0 Å². The minimum absolute atomic E-state index is 0.191. The van der Waals surface area contributed by atoms with Crippen LogP contribution in [-0.4, -0.2) is 17.7 Å². The first kappa shape index (κ1) is 14.3. The molecule has 0 aromatic heterocycles. The Bertz CT molecular complexity index is 551. The summed E-state index contributed by atoms with van der Waals surface area (Å²) in [4.78, 5) is 12.2. The Hall–Kier alpha value is -2.13. The molecule has 2 aromatic rings. The number of carbonyl (C=O) groups is 1. The summed E-state index contributed by atoms with van der Waals surface area (Å²) < 4.78 is 5.04. The predicted molar refractivity (Wildman–Crippen MR) is 77.1 cm³/mol. The zero-order valence-corrected chi connectivity index (χ0v) is 11.5. The summed E-state index contributed by atoms with van der Waals surface area (Å²) in [5.41, 5.74) is -0.229. The van der Waals surface area contributed by atoms with Crippen LogP contribution in [-0.2, 0) is 21.6 Å². The Balaban J connectivity index is 2.36. The standard InChI is InChI=1S/C17H18O3/c1-2-20-16(18)17(19,15-11-7-4-8-12-15)13-14-9-5-3-6-10-14/h3-12,19H,2,13H2,1H3/t17-/m1/s1. The third kappa shape index (κ3) is 3.06. The molecule has 0 radical (unpaired) electrons. The van der Waals surface area contributed by atoms with Crippen molar-refractivity contribution in [3.63, 3.8) is 0 Å². The Kier molecular flexibility index (Phi) is 4.53. The van der Waals surface area contributed by atoms with Gasteiger partial charge in [0.1, 0.15) is 0 Å². The highest BCUT2D eigenvalue weighted by atomic mass is 16.5. The van der Waals surface area contributed by atoms with Crippen LogP contribution >= 0.6 is 0 Å². The van der Waals surface area contributed by atoms with E-state index in [4.69, 9.17) is 4.74 Å². The van der Waals surface area contributed by atoms with Crippen LogP contribution < -0.4 is 0 Å². The van der Waals surface area contributed by atoms with Crippen molar-refractivity contribution in [3.05, 3.63) is 71.8 Å². The summed E-state index contributed by atoms with van der Waals surface area (Å²) >= 11 is 0. The molecule has 1 N–H and O–H groups in total. The maximum atomic E-state index is 12.2. The van der Waals surface area contributed by atoms with Gasteiger partial charge in [0, 0.05) is 6.42 Å². The monoisotopic (exact) mass is 270 g/mol. The van der Waals surface area contributed by atoms with E-state index in [1.54, 1.807) is 31.2 Å². The maximum Gasteiger partial charge on any atom is 0.343 e. The maximum absolute atomic E-state index is 12.2. The van der Waals surface area contributed by atoms with Crippen molar-refractivity contribution < 1.29 is 14.6 Å². The van der Waals surface area contributed by atoms with Crippen molar-refractivity contribution in [3.8, 4) is 0 Å². The molecule has 0 amide bonds. The Morgan fingerprint density at radius 1 is 1.05 bits per heavy atom. The number of ether oxygens (including phenoxy) is 1.